The lowest BCUT2D eigenvalue weighted by Crippen LogP contribution is -2.44. The summed E-state index contributed by atoms with van der Waals surface area (Å²) in [7, 11) is -4.95. The molecule has 0 aliphatic rings. The molecule has 0 aromatic carbocycles. The van der Waals surface area contributed by atoms with Gasteiger partial charge in [-0.3, -0.25) is 14.2 Å². The van der Waals surface area contributed by atoms with E-state index in [1.54, 1.807) is 0 Å². The smallest absolute Gasteiger partial charge is 0.460 e. The lowest BCUT2D eigenvalue weighted by Gasteiger charge is -2.22. The van der Waals surface area contributed by atoms with E-state index in [0.29, 0.717) is 0 Å². The minimum Gasteiger partial charge on any atom is -0.460 e. The summed E-state index contributed by atoms with van der Waals surface area (Å²) in [5.41, 5.74) is 0. The molecule has 0 radical (unpaired) electrons. The summed E-state index contributed by atoms with van der Waals surface area (Å²) >= 11 is 0. The summed E-state index contributed by atoms with van der Waals surface area (Å²) in [5.74, 6) is -3.78. The van der Waals surface area contributed by atoms with Crippen molar-refractivity contribution in [3.05, 3.63) is 12.7 Å². The second-order valence-corrected chi connectivity index (χ2v) is 4.89. The molecule has 0 rings (SSSR count). The highest BCUT2D eigenvalue weighted by Crippen LogP contribution is 2.36. The number of carbonyl (C=O) groups is 2. The maximum Gasteiger partial charge on any atom is 0.471 e. The Labute approximate surface area is 105 Å². The standard InChI is InChI=1S/C8H11F3NO6P/c1-2-3-18-6(13)4-12(5-19(15,16)17)7(14)8(9,10)11/h2H,1,3-5H2,(H2,15,16,17). The van der Waals surface area contributed by atoms with Crippen LogP contribution in [0.15, 0.2) is 12.7 Å². The van der Waals surface area contributed by atoms with Crippen molar-refractivity contribution in [2.24, 2.45) is 0 Å². The SMILES string of the molecule is C=CCOC(=O)CN(CP(=O)(O)O)C(=O)C(F)(F)F. The van der Waals surface area contributed by atoms with Gasteiger partial charge in [0.15, 0.2) is 0 Å². The van der Waals surface area contributed by atoms with Crippen molar-refractivity contribution in [3.8, 4) is 0 Å². The van der Waals surface area contributed by atoms with Crippen molar-refractivity contribution in [2.75, 3.05) is 19.4 Å². The molecule has 0 spiro atoms. The van der Waals surface area contributed by atoms with Gasteiger partial charge in [-0.25, -0.2) is 0 Å². The van der Waals surface area contributed by atoms with E-state index in [0.717, 1.165) is 6.08 Å². The summed E-state index contributed by atoms with van der Waals surface area (Å²) in [4.78, 5) is 38.8. The molecule has 0 fully saturated rings. The molecule has 0 aliphatic carbocycles. The van der Waals surface area contributed by atoms with Crippen LogP contribution in [0.2, 0.25) is 0 Å². The van der Waals surface area contributed by atoms with E-state index < -0.39 is 38.5 Å². The van der Waals surface area contributed by atoms with Gasteiger partial charge >= 0.3 is 25.6 Å². The van der Waals surface area contributed by atoms with Crippen LogP contribution in [0, 0.1) is 0 Å². The van der Waals surface area contributed by atoms with E-state index >= 15 is 0 Å². The first-order chi connectivity index (χ1) is 8.47. The van der Waals surface area contributed by atoms with Crippen LogP contribution < -0.4 is 0 Å². The summed E-state index contributed by atoms with van der Waals surface area (Å²) in [6.07, 6.45) is -5.75. The number of carbonyl (C=O) groups excluding carboxylic acids is 2. The van der Waals surface area contributed by atoms with Gasteiger partial charge in [0.25, 0.3) is 0 Å². The molecular weight excluding hydrogens is 294 g/mol. The number of halogens is 3. The Balaban J connectivity index is 4.88. The lowest BCUT2D eigenvalue weighted by molar-refractivity contribution is -0.186. The number of nitrogens with zero attached hydrogens (tertiary/aromatic N) is 1. The van der Waals surface area contributed by atoms with Crippen molar-refractivity contribution in [2.45, 2.75) is 6.18 Å². The highest BCUT2D eigenvalue weighted by molar-refractivity contribution is 7.51. The first-order valence-corrected chi connectivity index (χ1v) is 6.44. The molecule has 2 N–H and O–H groups in total. The number of ether oxygens (including phenoxy) is 1. The predicted molar refractivity (Wildman–Crippen MR) is 55.8 cm³/mol. The van der Waals surface area contributed by atoms with Crippen LogP contribution in [0.3, 0.4) is 0 Å². The van der Waals surface area contributed by atoms with Gasteiger partial charge < -0.3 is 19.4 Å². The quantitative estimate of drug-likeness (QED) is 0.414. The molecular formula is C8H11F3NO6P. The molecule has 0 saturated carbocycles. The van der Waals surface area contributed by atoms with Gasteiger partial charge in [0, 0.05) is 0 Å². The van der Waals surface area contributed by atoms with Crippen molar-refractivity contribution >= 4 is 19.5 Å². The van der Waals surface area contributed by atoms with E-state index in [1.807, 2.05) is 0 Å². The van der Waals surface area contributed by atoms with Crippen molar-refractivity contribution < 1.29 is 41.8 Å². The molecule has 110 valence electrons. The summed E-state index contributed by atoms with van der Waals surface area (Å²) in [5, 5.41) is 0. The van der Waals surface area contributed by atoms with Gasteiger partial charge in [-0.05, 0) is 0 Å². The largest absolute Gasteiger partial charge is 0.471 e. The zero-order chi connectivity index (χ0) is 15.3. The second kappa shape index (κ2) is 6.69. The van der Waals surface area contributed by atoms with Crippen LogP contribution in [-0.2, 0) is 18.9 Å². The highest BCUT2D eigenvalue weighted by atomic mass is 31.2. The van der Waals surface area contributed by atoms with Gasteiger partial charge in [0.1, 0.15) is 19.4 Å². The fourth-order valence-electron chi connectivity index (χ4n) is 0.941. The summed E-state index contributed by atoms with van der Waals surface area (Å²) < 4.78 is 51.5. The molecule has 19 heavy (non-hydrogen) atoms. The third-order valence-corrected chi connectivity index (χ3v) is 2.28. The third-order valence-electron chi connectivity index (χ3n) is 1.57. The number of hydrogen-bond donors (Lipinski definition) is 2. The summed E-state index contributed by atoms with van der Waals surface area (Å²) in [6, 6.07) is 0. The topological polar surface area (TPSA) is 104 Å². The Kier molecular flexibility index (Phi) is 6.20. The number of alkyl halides is 3. The fraction of sp³-hybridized carbons (Fsp3) is 0.500. The zero-order valence-corrected chi connectivity index (χ0v) is 10.4. The Hall–Kier alpha value is -1.38. The third kappa shape index (κ3) is 7.60. The molecule has 0 aliphatic heterocycles. The number of amides is 1. The first kappa shape index (κ1) is 17.6. The Morgan fingerprint density at radius 1 is 1.37 bits per heavy atom. The van der Waals surface area contributed by atoms with Crippen LogP contribution in [0.25, 0.3) is 0 Å². The van der Waals surface area contributed by atoms with Gasteiger partial charge in [-0.2, -0.15) is 13.2 Å². The average Bonchev–Trinajstić information content (AvgIpc) is 2.21. The molecule has 1 amide bonds. The Morgan fingerprint density at radius 2 is 1.89 bits per heavy atom. The molecule has 7 nitrogen and oxygen atoms in total. The summed E-state index contributed by atoms with van der Waals surface area (Å²) in [6.45, 7) is 1.66. The Morgan fingerprint density at radius 3 is 2.26 bits per heavy atom. The molecule has 0 aromatic rings. The molecule has 11 heteroatoms. The molecule has 0 bridgehead atoms. The lowest BCUT2D eigenvalue weighted by atomic mass is 10.5. The fourth-order valence-corrected chi connectivity index (χ4v) is 1.61. The molecule has 0 unspecified atom stereocenters. The maximum atomic E-state index is 12.2. The minimum absolute atomic E-state index is 0.303. The normalized spacial score (nSPS) is 11.8. The van der Waals surface area contributed by atoms with Crippen molar-refractivity contribution in [1.29, 1.82) is 0 Å². The van der Waals surface area contributed by atoms with Gasteiger partial charge in [0.2, 0.25) is 0 Å². The Bertz CT molecular complexity index is 404. The van der Waals surface area contributed by atoms with Crippen LogP contribution in [0.5, 0.6) is 0 Å². The van der Waals surface area contributed by atoms with Gasteiger partial charge in [-0.1, -0.05) is 12.7 Å². The van der Waals surface area contributed by atoms with Crippen molar-refractivity contribution in [1.82, 2.24) is 4.90 Å². The average molecular weight is 305 g/mol. The predicted octanol–water partition coefficient (Wildman–Crippen LogP) is 0.242. The first-order valence-electron chi connectivity index (χ1n) is 4.64. The maximum absolute atomic E-state index is 12.2. The van der Waals surface area contributed by atoms with Gasteiger partial charge in [-0.15, -0.1) is 0 Å². The van der Waals surface area contributed by atoms with E-state index in [2.05, 4.69) is 11.3 Å². The van der Waals surface area contributed by atoms with Crippen molar-refractivity contribution in [3.63, 3.8) is 0 Å². The number of hydrogen-bond acceptors (Lipinski definition) is 4. The van der Waals surface area contributed by atoms with E-state index in [-0.39, 0.29) is 11.5 Å². The van der Waals surface area contributed by atoms with E-state index in [4.69, 9.17) is 9.79 Å². The molecule has 0 saturated heterocycles. The van der Waals surface area contributed by atoms with Gasteiger partial charge in [0.05, 0.1) is 0 Å². The molecule has 0 aromatic heterocycles. The monoisotopic (exact) mass is 305 g/mol. The van der Waals surface area contributed by atoms with Crippen LogP contribution >= 0.6 is 7.60 Å². The van der Waals surface area contributed by atoms with Crippen LogP contribution in [0.1, 0.15) is 0 Å². The highest BCUT2D eigenvalue weighted by Gasteiger charge is 2.44. The van der Waals surface area contributed by atoms with Crippen LogP contribution in [0.4, 0.5) is 13.2 Å². The number of esters is 1. The number of rotatable bonds is 6. The zero-order valence-electron chi connectivity index (χ0n) is 9.46. The van der Waals surface area contributed by atoms with E-state index in [1.165, 1.54) is 0 Å². The molecule has 0 atom stereocenters. The van der Waals surface area contributed by atoms with Crippen LogP contribution in [-0.4, -0.2) is 52.2 Å². The minimum atomic E-state index is -5.35. The van der Waals surface area contributed by atoms with E-state index in [9.17, 15) is 27.3 Å². The second-order valence-electron chi connectivity index (χ2n) is 3.28. The molecule has 0 heterocycles.